The van der Waals surface area contributed by atoms with Gasteiger partial charge in [0.15, 0.2) is 0 Å². The van der Waals surface area contributed by atoms with E-state index in [4.69, 9.17) is 14.6 Å². The first kappa shape index (κ1) is 27.1. The van der Waals surface area contributed by atoms with Crippen molar-refractivity contribution in [2.24, 2.45) is 11.8 Å². The minimum Gasteiger partial charge on any atom is -0.396 e. The lowest BCUT2D eigenvalue weighted by atomic mass is 9.70. The molecule has 0 aliphatic carbocycles. The number of nitrogens with zero attached hydrogens (tertiary/aromatic N) is 2. The van der Waals surface area contributed by atoms with E-state index in [0.717, 1.165) is 45.3 Å². The quantitative estimate of drug-likeness (QED) is 0.346. The van der Waals surface area contributed by atoms with Gasteiger partial charge in [-0.25, -0.2) is 0 Å². The first-order chi connectivity index (χ1) is 18.5. The molecule has 4 aliphatic rings. The van der Waals surface area contributed by atoms with Gasteiger partial charge in [-0.1, -0.05) is 31.0 Å². The standard InChI is InChI=1S/C28H40N4O6/c33-17-7-2-1-6-13-32-24(26(35)29-12-14-31-15-18-37-19-16-31)28-11-10-21(38-28)22(23(28)27(32)36)25(34)30-20-8-4-3-5-9-20/h3-5,8-9,21-24,33H,1-2,6-7,10-19H2,(H,29,35)(H,30,34)/t21-,22+,23+,24?,28?/m1/s1. The second kappa shape index (κ2) is 12.1. The number of morpholine rings is 1. The topological polar surface area (TPSA) is 120 Å². The van der Waals surface area contributed by atoms with Gasteiger partial charge in [-0.05, 0) is 37.8 Å². The summed E-state index contributed by atoms with van der Waals surface area (Å²) in [6.07, 6.45) is 4.04. The highest BCUT2D eigenvalue weighted by atomic mass is 16.5. The van der Waals surface area contributed by atoms with Crippen LogP contribution in [0.2, 0.25) is 0 Å². The number of benzene rings is 1. The van der Waals surface area contributed by atoms with Crippen LogP contribution in [0.15, 0.2) is 30.3 Å². The molecule has 2 bridgehead atoms. The SMILES string of the molecule is O=C(NCCN1CCOCC1)C1N(CCCCCCO)C(=O)[C@@H]2[C@@H](C(=O)Nc3ccccc3)[C@H]3CCC12O3. The molecule has 10 heteroatoms. The lowest BCUT2D eigenvalue weighted by Gasteiger charge is -2.34. The molecule has 4 aliphatic heterocycles. The molecule has 4 heterocycles. The number of unbranched alkanes of at least 4 members (excludes halogenated alkanes) is 3. The predicted molar refractivity (Wildman–Crippen MR) is 140 cm³/mol. The van der Waals surface area contributed by atoms with E-state index < -0.39 is 23.5 Å². The van der Waals surface area contributed by atoms with Gasteiger partial charge in [-0.3, -0.25) is 19.3 Å². The molecule has 2 unspecified atom stereocenters. The summed E-state index contributed by atoms with van der Waals surface area (Å²) < 4.78 is 11.9. The Morgan fingerprint density at radius 1 is 1.03 bits per heavy atom. The Labute approximate surface area is 224 Å². The number of anilines is 1. The molecule has 0 aromatic heterocycles. The monoisotopic (exact) mass is 528 g/mol. The lowest BCUT2D eigenvalue weighted by Crippen LogP contribution is -2.56. The molecule has 5 atom stereocenters. The van der Waals surface area contributed by atoms with E-state index in [1.807, 2.05) is 30.3 Å². The summed E-state index contributed by atoms with van der Waals surface area (Å²) in [6.45, 7) is 4.86. The average molecular weight is 529 g/mol. The van der Waals surface area contributed by atoms with Gasteiger partial charge in [-0.15, -0.1) is 0 Å². The maximum absolute atomic E-state index is 13.9. The van der Waals surface area contributed by atoms with Crippen molar-refractivity contribution in [2.45, 2.75) is 56.3 Å². The summed E-state index contributed by atoms with van der Waals surface area (Å²) in [7, 11) is 0. The van der Waals surface area contributed by atoms with E-state index in [1.165, 1.54) is 0 Å². The number of para-hydroxylation sites is 1. The minimum atomic E-state index is -0.978. The Morgan fingerprint density at radius 3 is 2.55 bits per heavy atom. The molecular weight excluding hydrogens is 488 g/mol. The van der Waals surface area contributed by atoms with Gasteiger partial charge in [0.05, 0.1) is 31.2 Å². The number of amides is 3. The number of aliphatic hydroxyl groups excluding tert-OH is 1. The maximum Gasteiger partial charge on any atom is 0.245 e. The fraction of sp³-hybridized carbons (Fsp3) is 0.679. The number of hydrogen-bond donors (Lipinski definition) is 3. The number of hydrogen-bond acceptors (Lipinski definition) is 7. The van der Waals surface area contributed by atoms with Crippen molar-refractivity contribution >= 4 is 23.4 Å². The number of carbonyl (C=O) groups excluding carboxylic acids is 3. The van der Waals surface area contributed by atoms with Gasteiger partial charge >= 0.3 is 0 Å². The van der Waals surface area contributed by atoms with E-state index >= 15 is 0 Å². The fourth-order valence-corrected chi connectivity index (χ4v) is 6.75. The zero-order chi connectivity index (χ0) is 26.5. The van der Waals surface area contributed by atoms with Crippen molar-refractivity contribution in [1.82, 2.24) is 15.1 Å². The van der Waals surface area contributed by atoms with Crippen molar-refractivity contribution in [2.75, 3.05) is 57.9 Å². The van der Waals surface area contributed by atoms with Crippen LogP contribution in [-0.4, -0.2) is 103 Å². The molecular formula is C28H40N4O6. The van der Waals surface area contributed by atoms with Crippen LogP contribution in [0.3, 0.4) is 0 Å². The minimum absolute atomic E-state index is 0.148. The smallest absolute Gasteiger partial charge is 0.245 e. The number of fused-ring (bicyclic) bond motifs is 1. The van der Waals surface area contributed by atoms with Crippen LogP contribution >= 0.6 is 0 Å². The number of aliphatic hydroxyl groups is 1. The Morgan fingerprint density at radius 2 is 1.79 bits per heavy atom. The van der Waals surface area contributed by atoms with Crippen molar-refractivity contribution in [3.63, 3.8) is 0 Å². The Hall–Kier alpha value is -2.53. The van der Waals surface area contributed by atoms with Crippen LogP contribution in [0.1, 0.15) is 38.5 Å². The summed E-state index contributed by atoms with van der Waals surface area (Å²) in [5.41, 5.74) is -0.299. The summed E-state index contributed by atoms with van der Waals surface area (Å²) in [4.78, 5) is 45.0. The van der Waals surface area contributed by atoms with Crippen LogP contribution in [0.25, 0.3) is 0 Å². The summed E-state index contributed by atoms with van der Waals surface area (Å²) >= 11 is 0. The first-order valence-corrected chi connectivity index (χ1v) is 14.1. The molecule has 1 aromatic carbocycles. The van der Waals surface area contributed by atoms with Crippen LogP contribution in [0, 0.1) is 11.8 Å². The van der Waals surface area contributed by atoms with Gasteiger partial charge < -0.3 is 30.1 Å². The Balaban J connectivity index is 1.32. The maximum atomic E-state index is 13.9. The highest BCUT2D eigenvalue weighted by Gasteiger charge is 2.74. The molecule has 3 N–H and O–H groups in total. The van der Waals surface area contributed by atoms with Crippen molar-refractivity contribution in [3.8, 4) is 0 Å². The molecule has 3 amide bonds. The number of likely N-dealkylation sites (tertiary alicyclic amines) is 1. The van der Waals surface area contributed by atoms with Crippen LogP contribution < -0.4 is 10.6 Å². The van der Waals surface area contributed by atoms with Gasteiger partial charge in [0, 0.05) is 45.0 Å². The van der Waals surface area contributed by atoms with Gasteiger partial charge in [0.25, 0.3) is 0 Å². The van der Waals surface area contributed by atoms with Crippen LogP contribution in [0.4, 0.5) is 5.69 Å². The summed E-state index contributed by atoms with van der Waals surface area (Å²) in [5, 5.41) is 15.1. The highest BCUT2D eigenvalue weighted by Crippen LogP contribution is 2.58. The van der Waals surface area contributed by atoms with Gasteiger partial charge in [0.1, 0.15) is 11.6 Å². The molecule has 0 radical (unpaired) electrons. The second-order valence-electron chi connectivity index (χ2n) is 10.8. The molecule has 38 heavy (non-hydrogen) atoms. The van der Waals surface area contributed by atoms with Crippen molar-refractivity contribution in [3.05, 3.63) is 30.3 Å². The molecule has 4 saturated heterocycles. The fourth-order valence-electron chi connectivity index (χ4n) is 6.75. The number of nitrogens with one attached hydrogen (secondary N) is 2. The Bertz CT molecular complexity index is 987. The molecule has 1 spiro atoms. The molecule has 0 saturated carbocycles. The highest BCUT2D eigenvalue weighted by molar-refractivity contribution is 6.01. The van der Waals surface area contributed by atoms with E-state index in [0.29, 0.717) is 44.8 Å². The zero-order valence-corrected chi connectivity index (χ0v) is 22.0. The normalized spacial score (nSPS) is 30.4. The Kier molecular flexibility index (Phi) is 8.62. The summed E-state index contributed by atoms with van der Waals surface area (Å²) in [5.74, 6) is -1.88. The van der Waals surface area contributed by atoms with E-state index in [9.17, 15) is 14.4 Å². The van der Waals surface area contributed by atoms with E-state index in [2.05, 4.69) is 15.5 Å². The molecule has 5 rings (SSSR count). The summed E-state index contributed by atoms with van der Waals surface area (Å²) in [6, 6.07) is 8.48. The zero-order valence-electron chi connectivity index (χ0n) is 22.0. The third kappa shape index (κ3) is 5.32. The van der Waals surface area contributed by atoms with E-state index in [-0.39, 0.29) is 30.4 Å². The average Bonchev–Trinajstić information content (AvgIpc) is 3.57. The number of ether oxygens (including phenoxy) is 2. The lowest BCUT2D eigenvalue weighted by molar-refractivity contribution is -0.141. The first-order valence-electron chi connectivity index (χ1n) is 14.1. The van der Waals surface area contributed by atoms with Crippen LogP contribution in [0.5, 0.6) is 0 Å². The predicted octanol–water partition coefficient (Wildman–Crippen LogP) is 1.00. The second-order valence-corrected chi connectivity index (χ2v) is 10.8. The third-order valence-electron chi connectivity index (χ3n) is 8.53. The molecule has 4 fully saturated rings. The number of carbonyl (C=O) groups is 3. The van der Waals surface area contributed by atoms with Crippen molar-refractivity contribution < 1.29 is 29.0 Å². The van der Waals surface area contributed by atoms with Gasteiger partial charge in [-0.2, -0.15) is 0 Å². The van der Waals surface area contributed by atoms with Gasteiger partial charge in [0.2, 0.25) is 17.7 Å². The molecule has 10 nitrogen and oxygen atoms in total. The van der Waals surface area contributed by atoms with Crippen molar-refractivity contribution in [1.29, 1.82) is 0 Å². The van der Waals surface area contributed by atoms with Crippen LogP contribution in [-0.2, 0) is 23.9 Å². The molecule has 1 aromatic rings. The molecule has 208 valence electrons. The number of rotatable bonds is 12. The largest absolute Gasteiger partial charge is 0.396 e. The third-order valence-corrected chi connectivity index (χ3v) is 8.53. The van der Waals surface area contributed by atoms with E-state index in [1.54, 1.807) is 4.90 Å².